The lowest BCUT2D eigenvalue weighted by Crippen LogP contribution is -2.29. The number of ether oxygens (including phenoxy) is 2. The fourth-order valence-electron chi connectivity index (χ4n) is 2.27. The number of para-hydroxylation sites is 1. The summed E-state index contributed by atoms with van der Waals surface area (Å²) >= 11 is 0. The molecule has 1 N–H and O–H groups in total. The van der Waals surface area contributed by atoms with Crippen molar-refractivity contribution >= 4 is 0 Å². The quantitative estimate of drug-likeness (QED) is 0.704. The van der Waals surface area contributed by atoms with Crippen LogP contribution in [-0.4, -0.2) is 19.8 Å². The maximum absolute atomic E-state index is 5.73. The van der Waals surface area contributed by atoms with Crippen molar-refractivity contribution in [2.75, 3.05) is 19.8 Å². The zero-order chi connectivity index (χ0) is 17.4. The molecule has 24 heavy (non-hydrogen) atoms. The van der Waals surface area contributed by atoms with Crippen molar-refractivity contribution in [2.45, 2.75) is 33.7 Å². The van der Waals surface area contributed by atoms with Gasteiger partial charge in [0.25, 0.3) is 0 Å². The van der Waals surface area contributed by atoms with Crippen molar-refractivity contribution in [1.29, 1.82) is 0 Å². The van der Waals surface area contributed by atoms with Gasteiger partial charge in [-0.05, 0) is 42.2 Å². The first kappa shape index (κ1) is 18.3. The van der Waals surface area contributed by atoms with Gasteiger partial charge in [-0.3, -0.25) is 0 Å². The molecule has 0 aromatic heterocycles. The molecule has 1 unspecified atom stereocenters. The first-order chi connectivity index (χ1) is 11.4. The Morgan fingerprint density at radius 3 is 1.92 bits per heavy atom. The minimum absolute atomic E-state index is 0.288. The number of hydrogen-bond donors (Lipinski definition) is 1. The van der Waals surface area contributed by atoms with Gasteiger partial charge in [-0.15, -0.1) is 0 Å². The van der Waals surface area contributed by atoms with Crippen LogP contribution in [0.25, 0.3) is 0 Å². The van der Waals surface area contributed by atoms with Crippen LogP contribution in [0.4, 0.5) is 0 Å². The van der Waals surface area contributed by atoms with Gasteiger partial charge in [0.05, 0.1) is 0 Å². The molecule has 0 amide bonds. The summed E-state index contributed by atoms with van der Waals surface area (Å²) in [5, 5.41) is 3.57. The van der Waals surface area contributed by atoms with Gasteiger partial charge < -0.3 is 14.8 Å². The Morgan fingerprint density at radius 1 is 0.833 bits per heavy atom. The number of rotatable bonds is 8. The predicted octanol–water partition coefficient (Wildman–Crippen LogP) is 4.84. The molecule has 0 aliphatic rings. The van der Waals surface area contributed by atoms with Crippen LogP contribution in [0, 0.1) is 5.41 Å². The molecular formula is C21H29NO2. The molecule has 130 valence electrons. The minimum Gasteiger partial charge on any atom is -0.490 e. The van der Waals surface area contributed by atoms with E-state index < -0.39 is 0 Å². The predicted molar refractivity (Wildman–Crippen MR) is 99.7 cm³/mol. The summed E-state index contributed by atoms with van der Waals surface area (Å²) in [5.41, 5.74) is 1.56. The average Bonchev–Trinajstić information content (AvgIpc) is 2.57. The molecule has 0 saturated carbocycles. The van der Waals surface area contributed by atoms with Gasteiger partial charge in [-0.1, -0.05) is 51.1 Å². The standard InChI is InChI=1S/C21H29NO2/c1-17(22-16-21(2,3)4)18-10-12-20(13-11-18)24-15-14-23-19-8-6-5-7-9-19/h5-13,17,22H,14-16H2,1-4H3. The fraction of sp³-hybridized carbons (Fsp3) is 0.429. The van der Waals surface area contributed by atoms with Gasteiger partial charge in [-0.2, -0.15) is 0 Å². The molecule has 0 radical (unpaired) electrons. The van der Waals surface area contributed by atoms with E-state index in [0.29, 0.717) is 19.3 Å². The Balaban J connectivity index is 1.73. The molecular weight excluding hydrogens is 298 g/mol. The number of nitrogens with one attached hydrogen (secondary N) is 1. The van der Waals surface area contributed by atoms with Crippen LogP contribution in [0.5, 0.6) is 11.5 Å². The van der Waals surface area contributed by atoms with E-state index in [-0.39, 0.29) is 5.41 Å². The summed E-state index contributed by atoms with van der Waals surface area (Å²) in [6.07, 6.45) is 0. The zero-order valence-corrected chi connectivity index (χ0v) is 15.2. The Kier molecular flexibility index (Phi) is 6.68. The van der Waals surface area contributed by atoms with Gasteiger partial charge in [0.15, 0.2) is 0 Å². The van der Waals surface area contributed by atoms with E-state index in [1.54, 1.807) is 0 Å². The van der Waals surface area contributed by atoms with E-state index in [4.69, 9.17) is 9.47 Å². The number of hydrogen-bond acceptors (Lipinski definition) is 3. The van der Waals surface area contributed by atoms with E-state index in [0.717, 1.165) is 18.0 Å². The van der Waals surface area contributed by atoms with E-state index >= 15 is 0 Å². The van der Waals surface area contributed by atoms with Crippen molar-refractivity contribution in [3.63, 3.8) is 0 Å². The highest BCUT2D eigenvalue weighted by molar-refractivity contribution is 5.29. The lowest BCUT2D eigenvalue weighted by molar-refractivity contribution is 0.217. The molecule has 0 fully saturated rings. The smallest absolute Gasteiger partial charge is 0.122 e. The van der Waals surface area contributed by atoms with E-state index in [9.17, 15) is 0 Å². The molecule has 0 spiro atoms. The summed E-state index contributed by atoms with van der Waals surface area (Å²) in [6.45, 7) is 11.0. The molecule has 0 aliphatic heterocycles. The third kappa shape index (κ3) is 6.63. The molecule has 2 aromatic rings. The Labute approximate surface area is 146 Å². The van der Waals surface area contributed by atoms with Crippen molar-refractivity contribution in [3.8, 4) is 11.5 Å². The summed E-state index contributed by atoms with van der Waals surface area (Å²) in [6, 6.07) is 18.4. The van der Waals surface area contributed by atoms with Gasteiger partial charge in [0.1, 0.15) is 24.7 Å². The average molecular weight is 327 g/mol. The van der Waals surface area contributed by atoms with Gasteiger partial charge in [-0.25, -0.2) is 0 Å². The number of benzene rings is 2. The first-order valence-corrected chi connectivity index (χ1v) is 8.58. The lowest BCUT2D eigenvalue weighted by atomic mass is 9.96. The summed E-state index contributed by atoms with van der Waals surface area (Å²) in [5.74, 6) is 1.74. The highest BCUT2D eigenvalue weighted by atomic mass is 16.5. The van der Waals surface area contributed by atoms with Gasteiger partial charge in [0.2, 0.25) is 0 Å². The van der Waals surface area contributed by atoms with Crippen LogP contribution in [0.3, 0.4) is 0 Å². The maximum atomic E-state index is 5.73. The van der Waals surface area contributed by atoms with Gasteiger partial charge in [0, 0.05) is 12.6 Å². The van der Waals surface area contributed by atoms with Crippen LogP contribution >= 0.6 is 0 Å². The Morgan fingerprint density at radius 2 is 1.38 bits per heavy atom. The second kappa shape index (κ2) is 8.74. The molecule has 2 aromatic carbocycles. The summed E-state index contributed by atoms with van der Waals surface area (Å²) in [7, 11) is 0. The molecule has 0 saturated heterocycles. The zero-order valence-electron chi connectivity index (χ0n) is 15.2. The molecule has 3 nitrogen and oxygen atoms in total. The molecule has 0 bridgehead atoms. The van der Waals surface area contributed by atoms with Crippen molar-refractivity contribution in [1.82, 2.24) is 5.32 Å². The summed E-state index contributed by atoms with van der Waals surface area (Å²) in [4.78, 5) is 0. The van der Waals surface area contributed by atoms with Gasteiger partial charge >= 0.3 is 0 Å². The topological polar surface area (TPSA) is 30.5 Å². The lowest BCUT2D eigenvalue weighted by Gasteiger charge is -2.23. The highest BCUT2D eigenvalue weighted by Crippen LogP contribution is 2.19. The fourth-order valence-corrected chi connectivity index (χ4v) is 2.27. The van der Waals surface area contributed by atoms with Crippen molar-refractivity contribution < 1.29 is 9.47 Å². The Bertz CT molecular complexity index is 587. The third-order valence-corrected chi connectivity index (χ3v) is 3.68. The molecule has 1 atom stereocenters. The normalized spacial score (nSPS) is 12.7. The second-order valence-electron chi connectivity index (χ2n) is 7.24. The van der Waals surface area contributed by atoms with Crippen LogP contribution in [0.15, 0.2) is 54.6 Å². The van der Waals surface area contributed by atoms with Crippen LogP contribution < -0.4 is 14.8 Å². The van der Waals surface area contributed by atoms with Crippen LogP contribution in [-0.2, 0) is 0 Å². The second-order valence-corrected chi connectivity index (χ2v) is 7.24. The SMILES string of the molecule is CC(NCC(C)(C)C)c1ccc(OCCOc2ccccc2)cc1. The van der Waals surface area contributed by atoms with Crippen molar-refractivity contribution in [2.24, 2.45) is 5.41 Å². The first-order valence-electron chi connectivity index (χ1n) is 8.58. The Hall–Kier alpha value is -2.00. The molecule has 3 heteroatoms. The van der Waals surface area contributed by atoms with Crippen LogP contribution in [0.1, 0.15) is 39.3 Å². The van der Waals surface area contributed by atoms with Crippen molar-refractivity contribution in [3.05, 3.63) is 60.2 Å². The van der Waals surface area contributed by atoms with E-state index in [2.05, 4.69) is 45.1 Å². The third-order valence-electron chi connectivity index (χ3n) is 3.68. The monoisotopic (exact) mass is 327 g/mol. The largest absolute Gasteiger partial charge is 0.490 e. The summed E-state index contributed by atoms with van der Waals surface area (Å²) < 4.78 is 11.3. The van der Waals surface area contributed by atoms with E-state index in [1.165, 1.54) is 5.56 Å². The molecule has 0 aliphatic carbocycles. The van der Waals surface area contributed by atoms with Crippen LogP contribution in [0.2, 0.25) is 0 Å². The highest BCUT2D eigenvalue weighted by Gasteiger charge is 2.12. The van der Waals surface area contributed by atoms with E-state index in [1.807, 2.05) is 42.5 Å². The molecule has 2 rings (SSSR count). The minimum atomic E-state index is 0.288. The maximum Gasteiger partial charge on any atom is 0.122 e. The molecule has 0 heterocycles.